The lowest BCUT2D eigenvalue weighted by atomic mass is 9.98. The normalized spacial score (nSPS) is 10.3. The Balaban J connectivity index is 3.36. The molecule has 1 aromatic rings. The Morgan fingerprint density at radius 1 is 1.53 bits per heavy atom. The van der Waals surface area contributed by atoms with Crippen LogP contribution in [0.5, 0.6) is 0 Å². The molecule has 0 saturated heterocycles. The van der Waals surface area contributed by atoms with Crippen LogP contribution in [0, 0.1) is 11.3 Å². The quantitative estimate of drug-likeness (QED) is 0.846. The van der Waals surface area contributed by atoms with Crippen LogP contribution in [0.25, 0.3) is 0 Å². The zero-order chi connectivity index (χ0) is 13.0. The summed E-state index contributed by atoms with van der Waals surface area (Å²) in [6.07, 6.45) is -3.19. The molecule has 1 rings (SSSR count). The fourth-order valence-electron chi connectivity index (χ4n) is 1.48. The number of benzene rings is 1. The summed E-state index contributed by atoms with van der Waals surface area (Å²) in [5, 5.41) is 17.4. The average Bonchev–Trinajstić information content (AvgIpc) is 2.26. The second-order valence-corrected chi connectivity index (χ2v) is 3.60. The van der Waals surface area contributed by atoms with Gasteiger partial charge >= 0.3 is 5.97 Å². The van der Waals surface area contributed by atoms with Crippen molar-refractivity contribution in [3.63, 3.8) is 0 Å². The van der Waals surface area contributed by atoms with E-state index < -0.39 is 18.8 Å². The molecule has 0 amide bonds. The highest BCUT2D eigenvalue weighted by molar-refractivity contribution is 6.17. The summed E-state index contributed by atoms with van der Waals surface area (Å²) in [5.41, 5.74) is -0.166. The number of carboxylic acid groups (broad SMARTS) is 1. The van der Waals surface area contributed by atoms with E-state index in [9.17, 15) is 13.6 Å². The lowest BCUT2D eigenvalue weighted by Crippen LogP contribution is -2.04. The molecule has 0 heterocycles. The molecule has 0 unspecified atom stereocenters. The van der Waals surface area contributed by atoms with E-state index >= 15 is 0 Å². The first-order valence-electron chi connectivity index (χ1n) is 4.61. The molecule has 1 aromatic carbocycles. The van der Waals surface area contributed by atoms with Crippen molar-refractivity contribution < 1.29 is 18.7 Å². The van der Waals surface area contributed by atoms with E-state index in [0.29, 0.717) is 0 Å². The van der Waals surface area contributed by atoms with Crippen LogP contribution in [0.4, 0.5) is 8.78 Å². The van der Waals surface area contributed by atoms with Gasteiger partial charge in [-0.15, -0.1) is 11.6 Å². The van der Waals surface area contributed by atoms with Gasteiger partial charge in [0.1, 0.15) is 0 Å². The third-order valence-corrected chi connectivity index (χ3v) is 2.46. The number of rotatable bonds is 4. The maximum absolute atomic E-state index is 12.7. The fraction of sp³-hybridized carbons (Fsp3) is 0.273. The van der Waals surface area contributed by atoms with Gasteiger partial charge in [0, 0.05) is 11.4 Å². The minimum absolute atomic E-state index is 0.00551. The summed E-state index contributed by atoms with van der Waals surface area (Å²) in [5.74, 6) is -1.36. The van der Waals surface area contributed by atoms with E-state index in [1.807, 2.05) is 0 Å². The van der Waals surface area contributed by atoms with Crippen molar-refractivity contribution in [3.8, 4) is 6.07 Å². The Morgan fingerprint density at radius 2 is 2.18 bits per heavy atom. The number of alkyl halides is 3. The van der Waals surface area contributed by atoms with Crippen molar-refractivity contribution in [2.75, 3.05) is 0 Å². The standard InChI is InChI=1S/C11H8ClF2NO2/c12-4-9-7(5-15)1-6(3-10(16)17)2-8(9)11(13)14/h1-2,11H,3-4H2,(H,16,17). The van der Waals surface area contributed by atoms with Gasteiger partial charge < -0.3 is 5.11 Å². The molecule has 0 aromatic heterocycles. The predicted octanol–water partition coefficient (Wildman–Crippen LogP) is 2.86. The van der Waals surface area contributed by atoms with E-state index in [1.54, 1.807) is 6.07 Å². The number of halogens is 3. The van der Waals surface area contributed by atoms with Crippen molar-refractivity contribution >= 4 is 17.6 Å². The predicted molar refractivity (Wildman–Crippen MR) is 57.0 cm³/mol. The summed E-state index contributed by atoms with van der Waals surface area (Å²) in [4.78, 5) is 10.5. The molecule has 17 heavy (non-hydrogen) atoms. The molecule has 1 N–H and O–H groups in total. The number of hydrogen-bond donors (Lipinski definition) is 1. The molecule has 0 radical (unpaired) electrons. The van der Waals surface area contributed by atoms with Gasteiger partial charge in [0.05, 0.1) is 18.1 Å². The molecular weight excluding hydrogens is 252 g/mol. The first-order chi connectivity index (χ1) is 7.99. The minimum Gasteiger partial charge on any atom is -0.481 e. The van der Waals surface area contributed by atoms with Crippen LogP contribution in [-0.2, 0) is 17.1 Å². The van der Waals surface area contributed by atoms with E-state index in [2.05, 4.69) is 0 Å². The molecule has 0 bridgehead atoms. The van der Waals surface area contributed by atoms with E-state index in [1.165, 1.54) is 6.07 Å². The average molecular weight is 260 g/mol. The molecule has 0 spiro atoms. The Labute approximate surface area is 101 Å². The highest BCUT2D eigenvalue weighted by Crippen LogP contribution is 2.28. The lowest BCUT2D eigenvalue weighted by Gasteiger charge is -2.10. The number of carbonyl (C=O) groups is 1. The first kappa shape index (κ1) is 13.4. The largest absolute Gasteiger partial charge is 0.481 e. The monoisotopic (exact) mass is 259 g/mol. The topological polar surface area (TPSA) is 61.1 Å². The minimum atomic E-state index is -2.79. The van der Waals surface area contributed by atoms with Crippen molar-refractivity contribution in [3.05, 3.63) is 34.4 Å². The third-order valence-electron chi connectivity index (χ3n) is 2.19. The molecule has 0 aliphatic rings. The second kappa shape index (κ2) is 5.60. The molecule has 0 saturated carbocycles. The fourth-order valence-corrected chi connectivity index (χ4v) is 1.78. The summed E-state index contributed by atoms with van der Waals surface area (Å²) in [6.45, 7) is 0. The molecule has 3 nitrogen and oxygen atoms in total. The highest BCUT2D eigenvalue weighted by Gasteiger charge is 2.18. The van der Waals surface area contributed by atoms with Gasteiger partial charge in [0.25, 0.3) is 6.43 Å². The molecule has 0 atom stereocenters. The number of aliphatic carboxylic acids is 1. The molecule has 0 fully saturated rings. The Morgan fingerprint density at radius 3 is 2.59 bits per heavy atom. The Hall–Kier alpha value is -1.67. The second-order valence-electron chi connectivity index (χ2n) is 3.33. The first-order valence-corrected chi connectivity index (χ1v) is 5.14. The summed E-state index contributed by atoms with van der Waals surface area (Å²) >= 11 is 5.52. The maximum atomic E-state index is 12.7. The summed E-state index contributed by atoms with van der Waals surface area (Å²) < 4.78 is 25.5. The van der Waals surface area contributed by atoms with Gasteiger partial charge in [0.2, 0.25) is 0 Å². The van der Waals surface area contributed by atoms with Crippen molar-refractivity contribution in [1.29, 1.82) is 5.26 Å². The summed E-state index contributed by atoms with van der Waals surface area (Å²) in [7, 11) is 0. The van der Waals surface area contributed by atoms with Gasteiger partial charge in [0.15, 0.2) is 0 Å². The van der Waals surface area contributed by atoms with Gasteiger partial charge in [-0.3, -0.25) is 4.79 Å². The van der Waals surface area contributed by atoms with Crippen molar-refractivity contribution in [2.24, 2.45) is 0 Å². The lowest BCUT2D eigenvalue weighted by molar-refractivity contribution is -0.136. The van der Waals surface area contributed by atoms with Gasteiger partial charge in [-0.25, -0.2) is 8.78 Å². The van der Waals surface area contributed by atoms with Gasteiger partial charge in [-0.05, 0) is 23.3 Å². The number of nitrogens with zero attached hydrogens (tertiary/aromatic N) is 1. The molecule has 90 valence electrons. The molecule has 0 aliphatic heterocycles. The van der Waals surface area contributed by atoms with Crippen molar-refractivity contribution in [2.45, 2.75) is 18.7 Å². The van der Waals surface area contributed by atoms with Crippen LogP contribution >= 0.6 is 11.6 Å². The van der Waals surface area contributed by atoms with Crippen LogP contribution < -0.4 is 0 Å². The van der Waals surface area contributed by atoms with Crippen LogP contribution in [0.15, 0.2) is 12.1 Å². The van der Waals surface area contributed by atoms with Crippen LogP contribution in [0.1, 0.15) is 28.7 Å². The zero-order valence-electron chi connectivity index (χ0n) is 8.58. The summed E-state index contributed by atoms with van der Waals surface area (Å²) in [6, 6.07) is 4.10. The smallest absolute Gasteiger partial charge is 0.307 e. The number of carboxylic acids is 1. The number of hydrogen-bond acceptors (Lipinski definition) is 2. The molecule has 0 aliphatic carbocycles. The van der Waals surface area contributed by atoms with E-state index in [0.717, 1.165) is 6.07 Å². The maximum Gasteiger partial charge on any atom is 0.307 e. The van der Waals surface area contributed by atoms with Crippen LogP contribution in [0.3, 0.4) is 0 Å². The Bertz CT molecular complexity index is 483. The van der Waals surface area contributed by atoms with Gasteiger partial charge in [-0.2, -0.15) is 5.26 Å². The van der Waals surface area contributed by atoms with Gasteiger partial charge in [-0.1, -0.05) is 0 Å². The van der Waals surface area contributed by atoms with Crippen LogP contribution in [0.2, 0.25) is 0 Å². The van der Waals surface area contributed by atoms with E-state index in [4.69, 9.17) is 22.0 Å². The Kier molecular flexibility index (Phi) is 4.41. The molecule has 6 heteroatoms. The molecular formula is C11H8ClF2NO2. The zero-order valence-corrected chi connectivity index (χ0v) is 9.34. The van der Waals surface area contributed by atoms with Crippen molar-refractivity contribution in [1.82, 2.24) is 0 Å². The van der Waals surface area contributed by atoms with E-state index in [-0.39, 0.29) is 28.1 Å². The highest BCUT2D eigenvalue weighted by atomic mass is 35.5. The third kappa shape index (κ3) is 3.14. The van der Waals surface area contributed by atoms with Crippen LogP contribution in [-0.4, -0.2) is 11.1 Å². The number of nitriles is 1. The SMILES string of the molecule is N#Cc1cc(CC(=O)O)cc(C(F)F)c1CCl.